The van der Waals surface area contributed by atoms with Crippen molar-refractivity contribution in [1.82, 2.24) is 0 Å². The van der Waals surface area contributed by atoms with Crippen molar-refractivity contribution >= 4 is 42.8 Å². The molecule has 30 heavy (non-hydrogen) atoms. The molecule has 0 bridgehead atoms. The van der Waals surface area contributed by atoms with E-state index in [1.54, 1.807) is 12.1 Å². The zero-order valence-electron chi connectivity index (χ0n) is 15.1. The van der Waals surface area contributed by atoms with Gasteiger partial charge in [0.2, 0.25) is 25.5 Å². The largest absolute Gasteiger partial charge is 0.871 e. The van der Waals surface area contributed by atoms with Crippen LogP contribution in [0.1, 0.15) is 15.9 Å². The van der Waals surface area contributed by atoms with Crippen molar-refractivity contribution in [2.75, 3.05) is 0 Å². The molecular weight excluding hydrogens is 448 g/mol. The number of fused-ring (bicyclic) bond motifs is 2. The first-order valence-corrected chi connectivity index (χ1v) is 11.9. The van der Waals surface area contributed by atoms with Crippen LogP contribution in [0.4, 0.5) is 0 Å². The van der Waals surface area contributed by atoms with Crippen LogP contribution in [0.25, 0.3) is 5.76 Å². The molecule has 0 aliphatic carbocycles. The average Bonchev–Trinajstić information content (AvgIpc) is 3.04. The molecule has 2 aromatic carbocycles. The van der Waals surface area contributed by atoms with Gasteiger partial charge in [0.25, 0.3) is 0 Å². The molecule has 2 aromatic rings. The molecule has 2 heterocycles. The minimum Gasteiger partial charge on any atom is -0.871 e. The Kier molecular flexibility index (Phi) is 4.80. The van der Waals surface area contributed by atoms with Crippen molar-refractivity contribution in [2.45, 2.75) is 9.79 Å². The van der Waals surface area contributed by atoms with E-state index in [2.05, 4.69) is 0 Å². The van der Waals surface area contributed by atoms with Crippen LogP contribution < -0.4 is 5.11 Å². The molecule has 9 heteroatoms. The Morgan fingerprint density at radius 2 is 1.43 bits per heavy atom. The number of ketones is 1. The minimum absolute atomic E-state index is 0.0621. The Morgan fingerprint density at radius 1 is 0.867 bits per heavy atom. The second-order valence-electron chi connectivity index (χ2n) is 6.44. The number of halogens is 1. The number of carbonyl (C=O) groups is 1. The molecule has 0 N–H and O–H groups in total. The first kappa shape index (κ1) is 20.3. The number of hydrogen-bond acceptors (Lipinski definition) is 6. The van der Waals surface area contributed by atoms with Crippen LogP contribution in [0.15, 0.2) is 97.5 Å². The van der Waals surface area contributed by atoms with Gasteiger partial charge in [-0.1, -0.05) is 47.7 Å². The fourth-order valence-corrected chi connectivity index (χ4v) is 6.44. The SMILES string of the molecule is O=C1C(=CC=C(Cl)C=CC2=C([O-])c3ccccc3S2(=O)=O)S(=O)(=O)c2ccccc21. The maximum absolute atomic E-state index is 12.5. The third-order valence-corrected chi connectivity index (χ3v) is 8.58. The number of benzene rings is 2. The fraction of sp³-hybridized carbons (Fsp3) is 0. The summed E-state index contributed by atoms with van der Waals surface area (Å²) in [5, 5.41) is 12.3. The Balaban J connectivity index is 1.66. The lowest BCUT2D eigenvalue weighted by Gasteiger charge is -2.07. The number of sulfone groups is 2. The normalized spacial score (nSPS) is 20.8. The smallest absolute Gasteiger partial charge is 0.211 e. The van der Waals surface area contributed by atoms with Gasteiger partial charge in [0.15, 0.2) is 0 Å². The minimum atomic E-state index is -3.96. The zero-order chi connectivity index (χ0) is 21.7. The summed E-state index contributed by atoms with van der Waals surface area (Å²) >= 11 is 6.05. The van der Waals surface area contributed by atoms with E-state index in [4.69, 9.17) is 11.6 Å². The molecule has 2 aliphatic heterocycles. The van der Waals surface area contributed by atoms with Gasteiger partial charge < -0.3 is 5.11 Å². The average molecular weight is 460 g/mol. The van der Waals surface area contributed by atoms with Crippen molar-refractivity contribution in [3.63, 3.8) is 0 Å². The quantitative estimate of drug-likeness (QED) is 0.515. The summed E-state index contributed by atoms with van der Waals surface area (Å²) in [5.41, 5.74) is 0.166. The molecule has 152 valence electrons. The molecule has 0 unspecified atom stereocenters. The highest BCUT2D eigenvalue weighted by atomic mass is 35.5. The number of rotatable bonds is 3. The lowest BCUT2D eigenvalue weighted by molar-refractivity contribution is -0.244. The van der Waals surface area contributed by atoms with Crippen LogP contribution in [0.3, 0.4) is 0 Å². The Bertz CT molecular complexity index is 1440. The Morgan fingerprint density at radius 3 is 2.03 bits per heavy atom. The first-order valence-electron chi connectivity index (χ1n) is 8.56. The molecule has 0 radical (unpaired) electrons. The molecule has 0 atom stereocenters. The van der Waals surface area contributed by atoms with E-state index >= 15 is 0 Å². The Labute approximate surface area is 178 Å². The molecule has 0 saturated heterocycles. The van der Waals surface area contributed by atoms with Crippen LogP contribution in [-0.4, -0.2) is 22.6 Å². The fourth-order valence-electron chi connectivity index (χ4n) is 3.22. The second-order valence-corrected chi connectivity index (χ2v) is 10.6. The van der Waals surface area contributed by atoms with Gasteiger partial charge >= 0.3 is 0 Å². The highest BCUT2D eigenvalue weighted by molar-refractivity contribution is 7.97. The lowest BCUT2D eigenvalue weighted by atomic mass is 10.1. The number of carbonyl (C=O) groups excluding carboxylic acids is 1. The highest BCUT2D eigenvalue weighted by Gasteiger charge is 2.38. The molecule has 0 saturated carbocycles. The third-order valence-electron chi connectivity index (χ3n) is 4.66. The highest BCUT2D eigenvalue weighted by Crippen LogP contribution is 2.37. The summed E-state index contributed by atoms with van der Waals surface area (Å²) < 4.78 is 50.1. The van der Waals surface area contributed by atoms with E-state index in [1.165, 1.54) is 36.4 Å². The van der Waals surface area contributed by atoms with Gasteiger partial charge in [0.05, 0.1) is 14.7 Å². The Hall–Kier alpha value is -2.94. The standard InChI is InChI=1S/C21H13ClO6S2/c22-13(9-11-18-20(23)14-5-1-3-7-16(14)29(18,25)26)10-12-19-21(24)15-6-2-4-8-17(15)30(19,27)28/h1-12,23H/p-1. The molecular formula is C21H12ClO6S2-. The molecule has 0 fully saturated rings. The predicted molar refractivity (Wildman–Crippen MR) is 110 cm³/mol. The van der Waals surface area contributed by atoms with E-state index in [-0.39, 0.29) is 26.0 Å². The zero-order valence-corrected chi connectivity index (χ0v) is 17.5. The topological polar surface area (TPSA) is 108 Å². The third kappa shape index (κ3) is 3.04. The summed E-state index contributed by atoms with van der Waals surface area (Å²) in [4.78, 5) is 11.4. The van der Waals surface area contributed by atoms with Crippen molar-refractivity contribution in [2.24, 2.45) is 0 Å². The van der Waals surface area contributed by atoms with Crippen molar-refractivity contribution in [1.29, 1.82) is 0 Å². The molecule has 2 aliphatic rings. The van der Waals surface area contributed by atoms with Gasteiger partial charge in [-0.3, -0.25) is 4.79 Å². The van der Waals surface area contributed by atoms with Crippen LogP contribution in [0.2, 0.25) is 0 Å². The van der Waals surface area contributed by atoms with Gasteiger partial charge in [0, 0.05) is 10.6 Å². The van der Waals surface area contributed by atoms with Crippen molar-refractivity contribution in [3.8, 4) is 0 Å². The van der Waals surface area contributed by atoms with Crippen LogP contribution in [0.5, 0.6) is 0 Å². The van der Waals surface area contributed by atoms with E-state index in [0.717, 1.165) is 24.3 Å². The number of Topliss-reactive ketones (excluding diaryl/α,β-unsaturated/α-hetero) is 1. The monoisotopic (exact) mass is 459 g/mol. The van der Waals surface area contributed by atoms with E-state index in [0.29, 0.717) is 0 Å². The molecule has 0 aromatic heterocycles. The summed E-state index contributed by atoms with van der Waals surface area (Å²) in [6.07, 6.45) is 4.45. The maximum atomic E-state index is 12.5. The lowest BCUT2D eigenvalue weighted by Crippen LogP contribution is -2.03. The molecule has 6 nitrogen and oxygen atoms in total. The summed E-state index contributed by atoms with van der Waals surface area (Å²) in [6.45, 7) is 0. The van der Waals surface area contributed by atoms with Crippen LogP contribution in [-0.2, 0) is 19.7 Å². The van der Waals surface area contributed by atoms with Crippen LogP contribution >= 0.6 is 11.6 Å². The summed E-state index contributed by atoms with van der Waals surface area (Å²) in [5.74, 6) is -1.29. The van der Waals surface area contributed by atoms with Gasteiger partial charge in [0.1, 0.15) is 4.91 Å². The maximum Gasteiger partial charge on any atom is 0.211 e. The molecule has 4 rings (SSSR count). The first-order chi connectivity index (χ1) is 14.2. The molecule has 0 spiro atoms. The van der Waals surface area contributed by atoms with Crippen LogP contribution in [0, 0.1) is 0 Å². The van der Waals surface area contributed by atoms with Crippen molar-refractivity contribution < 1.29 is 26.7 Å². The van der Waals surface area contributed by atoms with E-state index in [1.807, 2.05) is 0 Å². The van der Waals surface area contributed by atoms with Gasteiger partial charge in [-0.25, -0.2) is 16.8 Å². The summed E-state index contributed by atoms with van der Waals surface area (Å²) in [7, 11) is -7.91. The predicted octanol–water partition coefficient (Wildman–Crippen LogP) is 2.74. The second kappa shape index (κ2) is 7.09. The number of hydrogen-bond donors (Lipinski definition) is 0. The van der Waals surface area contributed by atoms with Gasteiger partial charge in [-0.2, -0.15) is 0 Å². The number of allylic oxidation sites excluding steroid dienone is 6. The summed E-state index contributed by atoms with van der Waals surface area (Å²) in [6, 6.07) is 11.7. The van der Waals surface area contributed by atoms with Gasteiger partial charge in [-0.05, 0) is 48.1 Å². The molecule has 0 amide bonds. The van der Waals surface area contributed by atoms with Gasteiger partial charge in [-0.15, -0.1) is 0 Å². The van der Waals surface area contributed by atoms with E-state index < -0.39 is 41.0 Å². The van der Waals surface area contributed by atoms with E-state index in [9.17, 15) is 26.7 Å². The van der Waals surface area contributed by atoms with Crippen molar-refractivity contribution in [3.05, 3.63) is 98.8 Å².